The number of fused-ring (bicyclic) bond motifs is 1. The van der Waals surface area contributed by atoms with Crippen LogP contribution in [0.2, 0.25) is 0 Å². The molecule has 1 aromatic rings. The highest BCUT2D eigenvalue weighted by molar-refractivity contribution is 5.92. The molecule has 0 spiro atoms. The maximum Gasteiger partial charge on any atom is 0.238 e. The van der Waals surface area contributed by atoms with Crippen molar-refractivity contribution in [3.8, 4) is 6.07 Å². The van der Waals surface area contributed by atoms with Crippen molar-refractivity contribution in [2.45, 2.75) is 51.0 Å². The predicted molar refractivity (Wildman–Crippen MR) is 90.9 cm³/mol. The van der Waals surface area contributed by atoms with E-state index in [1.54, 1.807) is 0 Å². The smallest absolute Gasteiger partial charge is 0.238 e. The number of nitrogens with one attached hydrogen (secondary N) is 1. The van der Waals surface area contributed by atoms with Crippen molar-refractivity contribution in [1.29, 1.82) is 5.26 Å². The summed E-state index contributed by atoms with van der Waals surface area (Å²) in [5.74, 6) is 0.875. The van der Waals surface area contributed by atoms with Gasteiger partial charge < -0.3 is 5.32 Å². The number of benzene rings is 1. The molecule has 0 aromatic heterocycles. The summed E-state index contributed by atoms with van der Waals surface area (Å²) in [5, 5.41) is 11.7. The number of rotatable bonds is 4. The van der Waals surface area contributed by atoms with E-state index in [4.69, 9.17) is 5.26 Å². The molecular formula is C19H25N3O. The average Bonchev–Trinajstić information content (AvgIpc) is 2.57. The molecule has 2 atom stereocenters. The zero-order valence-corrected chi connectivity index (χ0v) is 13.6. The third kappa shape index (κ3) is 4.11. The maximum absolute atomic E-state index is 12.4. The van der Waals surface area contributed by atoms with E-state index >= 15 is 0 Å². The second-order valence-electron chi connectivity index (χ2n) is 6.80. The molecule has 122 valence electrons. The number of likely N-dealkylation sites (tertiary alicyclic amines) is 1. The Hall–Kier alpha value is -1.86. The fraction of sp³-hybridized carbons (Fsp3) is 0.579. The van der Waals surface area contributed by atoms with Gasteiger partial charge in [0.25, 0.3) is 0 Å². The van der Waals surface area contributed by atoms with E-state index < -0.39 is 0 Å². The van der Waals surface area contributed by atoms with E-state index in [0.717, 1.165) is 23.7 Å². The van der Waals surface area contributed by atoms with Gasteiger partial charge in [0.2, 0.25) is 5.91 Å². The third-order valence-electron chi connectivity index (χ3n) is 5.23. The monoisotopic (exact) mass is 311 g/mol. The predicted octanol–water partition coefficient (Wildman–Crippen LogP) is 3.35. The standard InChI is InChI=1S/C19H25N3O/c20-12-11-15-7-9-17(10-8-15)21-19(23)14-22-13-3-5-16-4-1-2-6-18(16)22/h7-10,16,18H,1-6,11,13-14H2,(H,21,23)/t16-,18-/m0/s1. The van der Waals surface area contributed by atoms with Crippen molar-refractivity contribution in [3.05, 3.63) is 29.8 Å². The molecule has 1 heterocycles. The van der Waals surface area contributed by atoms with Crippen LogP contribution < -0.4 is 5.32 Å². The van der Waals surface area contributed by atoms with Gasteiger partial charge in [0.1, 0.15) is 0 Å². The second kappa shape index (κ2) is 7.61. The largest absolute Gasteiger partial charge is 0.325 e. The fourth-order valence-corrected chi connectivity index (χ4v) is 4.11. The number of hydrogen-bond donors (Lipinski definition) is 1. The van der Waals surface area contributed by atoms with Gasteiger partial charge in [0.05, 0.1) is 19.0 Å². The Morgan fingerprint density at radius 1 is 1.17 bits per heavy atom. The van der Waals surface area contributed by atoms with Gasteiger partial charge in [-0.1, -0.05) is 25.0 Å². The number of nitriles is 1. The topological polar surface area (TPSA) is 56.1 Å². The SMILES string of the molecule is N#CCc1ccc(NC(=O)CN2CCC[C@@H]3CCCC[C@@H]32)cc1. The average molecular weight is 311 g/mol. The molecule has 0 radical (unpaired) electrons. The van der Waals surface area contributed by atoms with Crippen molar-refractivity contribution < 1.29 is 4.79 Å². The van der Waals surface area contributed by atoms with Crippen LogP contribution in [0.3, 0.4) is 0 Å². The molecule has 2 aliphatic rings. The van der Waals surface area contributed by atoms with Gasteiger partial charge in [-0.15, -0.1) is 0 Å². The molecule has 1 aliphatic carbocycles. The van der Waals surface area contributed by atoms with E-state index in [1.165, 1.54) is 38.5 Å². The number of hydrogen-bond acceptors (Lipinski definition) is 3. The summed E-state index contributed by atoms with van der Waals surface area (Å²) in [6.07, 6.45) is 8.21. The van der Waals surface area contributed by atoms with Gasteiger partial charge >= 0.3 is 0 Å². The van der Waals surface area contributed by atoms with Gasteiger partial charge in [-0.3, -0.25) is 9.69 Å². The molecule has 3 rings (SSSR count). The van der Waals surface area contributed by atoms with Crippen LogP contribution in [0.1, 0.15) is 44.1 Å². The molecule has 0 unspecified atom stereocenters. The Morgan fingerprint density at radius 3 is 2.70 bits per heavy atom. The van der Waals surface area contributed by atoms with Crippen molar-refractivity contribution in [2.75, 3.05) is 18.4 Å². The lowest BCUT2D eigenvalue weighted by Gasteiger charge is -2.43. The summed E-state index contributed by atoms with van der Waals surface area (Å²) in [5.41, 5.74) is 1.79. The number of carbonyl (C=O) groups is 1. The van der Waals surface area contributed by atoms with E-state index in [-0.39, 0.29) is 5.91 Å². The summed E-state index contributed by atoms with van der Waals surface area (Å²) >= 11 is 0. The van der Waals surface area contributed by atoms with Crippen LogP contribution in [-0.2, 0) is 11.2 Å². The molecular weight excluding hydrogens is 286 g/mol. The minimum atomic E-state index is 0.0734. The molecule has 1 saturated carbocycles. The highest BCUT2D eigenvalue weighted by atomic mass is 16.2. The fourth-order valence-electron chi connectivity index (χ4n) is 4.11. The molecule has 1 saturated heterocycles. The summed E-state index contributed by atoms with van der Waals surface area (Å²) in [4.78, 5) is 14.8. The van der Waals surface area contributed by atoms with Crippen LogP contribution in [-0.4, -0.2) is 29.9 Å². The second-order valence-corrected chi connectivity index (χ2v) is 6.80. The number of nitrogens with zero attached hydrogens (tertiary/aromatic N) is 2. The summed E-state index contributed by atoms with van der Waals surface area (Å²) in [6, 6.07) is 10.3. The number of amides is 1. The van der Waals surface area contributed by atoms with Gasteiger partial charge in [-0.05, 0) is 55.8 Å². The van der Waals surface area contributed by atoms with Crippen LogP contribution in [0.4, 0.5) is 5.69 Å². The molecule has 2 fully saturated rings. The first kappa shape index (κ1) is 16.0. The van der Waals surface area contributed by atoms with E-state index in [2.05, 4.69) is 16.3 Å². The van der Waals surface area contributed by atoms with E-state index in [0.29, 0.717) is 19.0 Å². The quantitative estimate of drug-likeness (QED) is 0.928. The normalized spacial score (nSPS) is 24.5. The number of piperidine rings is 1. The van der Waals surface area contributed by atoms with Crippen LogP contribution >= 0.6 is 0 Å². The summed E-state index contributed by atoms with van der Waals surface area (Å²) in [7, 11) is 0. The first-order chi connectivity index (χ1) is 11.3. The van der Waals surface area contributed by atoms with Crippen LogP contribution in [0.5, 0.6) is 0 Å². The molecule has 0 bridgehead atoms. The Morgan fingerprint density at radius 2 is 1.91 bits per heavy atom. The van der Waals surface area contributed by atoms with Crippen LogP contribution in [0.25, 0.3) is 0 Å². The molecule has 1 amide bonds. The lowest BCUT2D eigenvalue weighted by atomic mass is 9.78. The lowest BCUT2D eigenvalue weighted by molar-refractivity contribution is -0.118. The Bertz CT molecular complexity index is 573. The minimum absolute atomic E-state index is 0.0734. The Kier molecular flexibility index (Phi) is 5.30. The van der Waals surface area contributed by atoms with Crippen molar-refractivity contribution in [3.63, 3.8) is 0 Å². The number of anilines is 1. The van der Waals surface area contributed by atoms with Crippen molar-refractivity contribution in [1.82, 2.24) is 4.90 Å². The zero-order chi connectivity index (χ0) is 16.1. The highest BCUT2D eigenvalue weighted by Crippen LogP contribution is 2.35. The van der Waals surface area contributed by atoms with Gasteiger partial charge in [-0.25, -0.2) is 0 Å². The Labute approximate surface area is 138 Å². The molecule has 1 aromatic carbocycles. The van der Waals surface area contributed by atoms with Gasteiger partial charge in [-0.2, -0.15) is 5.26 Å². The van der Waals surface area contributed by atoms with Crippen LogP contribution in [0, 0.1) is 17.2 Å². The molecule has 4 nitrogen and oxygen atoms in total. The first-order valence-electron chi connectivity index (χ1n) is 8.76. The van der Waals surface area contributed by atoms with Crippen LogP contribution in [0.15, 0.2) is 24.3 Å². The molecule has 1 N–H and O–H groups in total. The van der Waals surface area contributed by atoms with Gasteiger partial charge in [0, 0.05) is 11.7 Å². The van der Waals surface area contributed by atoms with Crippen molar-refractivity contribution >= 4 is 11.6 Å². The molecule has 23 heavy (non-hydrogen) atoms. The summed E-state index contributed by atoms with van der Waals surface area (Å²) in [6.45, 7) is 1.55. The van der Waals surface area contributed by atoms with E-state index in [1.807, 2.05) is 24.3 Å². The minimum Gasteiger partial charge on any atom is -0.325 e. The molecule has 1 aliphatic heterocycles. The zero-order valence-electron chi connectivity index (χ0n) is 13.6. The first-order valence-corrected chi connectivity index (χ1v) is 8.76. The lowest BCUT2D eigenvalue weighted by Crippen LogP contribution is -2.49. The van der Waals surface area contributed by atoms with Crippen molar-refractivity contribution in [2.24, 2.45) is 5.92 Å². The third-order valence-corrected chi connectivity index (χ3v) is 5.23. The highest BCUT2D eigenvalue weighted by Gasteiger charge is 2.33. The summed E-state index contributed by atoms with van der Waals surface area (Å²) < 4.78 is 0. The molecule has 4 heteroatoms. The van der Waals surface area contributed by atoms with Gasteiger partial charge in [0.15, 0.2) is 0 Å². The Balaban J connectivity index is 1.55. The number of carbonyl (C=O) groups excluding carboxylic acids is 1. The maximum atomic E-state index is 12.4. The van der Waals surface area contributed by atoms with E-state index in [9.17, 15) is 4.79 Å².